The quantitative estimate of drug-likeness (QED) is 0.883. The van der Waals surface area contributed by atoms with E-state index in [1.807, 2.05) is 4.90 Å². The van der Waals surface area contributed by atoms with Gasteiger partial charge in [0.05, 0.1) is 5.41 Å². The molecule has 2 heterocycles. The highest BCUT2D eigenvalue weighted by molar-refractivity contribution is 6.00. The first-order valence-corrected chi connectivity index (χ1v) is 7.37. The van der Waals surface area contributed by atoms with E-state index in [1.54, 1.807) is 0 Å². The second kappa shape index (κ2) is 4.97. The molecule has 1 aromatic carbocycles. The highest BCUT2D eigenvalue weighted by Gasteiger charge is 2.47. The SMILES string of the molecule is CCc1ccc(N2CCC3(CCNCC3)C2=O)cc1. The van der Waals surface area contributed by atoms with Crippen LogP contribution in [0.25, 0.3) is 0 Å². The molecule has 2 aliphatic rings. The minimum absolute atomic E-state index is 0.0747. The Morgan fingerprint density at radius 2 is 1.84 bits per heavy atom. The molecule has 2 fully saturated rings. The number of nitrogens with zero attached hydrogens (tertiary/aromatic N) is 1. The minimum Gasteiger partial charge on any atom is -0.317 e. The number of hydrogen-bond donors (Lipinski definition) is 1. The van der Waals surface area contributed by atoms with Crippen molar-refractivity contribution in [3.63, 3.8) is 0 Å². The van der Waals surface area contributed by atoms with E-state index in [2.05, 4.69) is 36.5 Å². The van der Waals surface area contributed by atoms with Crippen LogP contribution in [0, 0.1) is 5.41 Å². The molecule has 19 heavy (non-hydrogen) atoms. The fourth-order valence-electron chi connectivity index (χ4n) is 3.35. The lowest BCUT2D eigenvalue weighted by Crippen LogP contribution is -2.42. The molecule has 1 spiro atoms. The van der Waals surface area contributed by atoms with Gasteiger partial charge in [0.2, 0.25) is 5.91 Å². The van der Waals surface area contributed by atoms with Crippen LogP contribution in [-0.2, 0) is 11.2 Å². The normalized spacial score (nSPS) is 22.2. The number of benzene rings is 1. The molecule has 0 aromatic heterocycles. The number of carbonyl (C=O) groups is 1. The van der Waals surface area contributed by atoms with Crippen molar-refractivity contribution >= 4 is 11.6 Å². The molecular formula is C16H22N2O. The molecule has 2 saturated heterocycles. The Balaban J connectivity index is 1.80. The number of piperidine rings is 1. The largest absolute Gasteiger partial charge is 0.317 e. The van der Waals surface area contributed by atoms with Gasteiger partial charge >= 0.3 is 0 Å². The lowest BCUT2D eigenvalue weighted by molar-refractivity contribution is -0.126. The van der Waals surface area contributed by atoms with Gasteiger partial charge in [0.25, 0.3) is 0 Å². The third kappa shape index (κ3) is 2.16. The summed E-state index contributed by atoms with van der Waals surface area (Å²) in [5.41, 5.74) is 2.32. The van der Waals surface area contributed by atoms with Gasteiger partial charge in [-0.1, -0.05) is 19.1 Å². The zero-order valence-corrected chi connectivity index (χ0v) is 11.6. The van der Waals surface area contributed by atoms with E-state index in [4.69, 9.17) is 0 Å². The summed E-state index contributed by atoms with van der Waals surface area (Å²) in [6.45, 7) is 4.99. The topological polar surface area (TPSA) is 32.3 Å². The molecule has 3 nitrogen and oxygen atoms in total. The van der Waals surface area contributed by atoms with E-state index in [9.17, 15) is 4.79 Å². The maximum Gasteiger partial charge on any atom is 0.233 e. The van der Waals surface area contributed by atoms with Crippen molar-refractivity contribution in [3.05, 3.63) is 29.8 Å². The first-order chi connectivity index (χ1) is 9.25. The molecule has 3 heteroatoms. The predicted molar refractivity (Wildman–Crippen MR) is 77.3 cm³/mol. The van der Waals surface area contributed by atoms with Crippen molar-refractivity contribution in [2.45, 2.75) is 32.6 Å². The first-order valence-electron chi connectivity index (χ1n) is 7.37. The molecule has 1 amide bonds. The number of hydrogen-bond acceptors (Lipinski definition) is 2. The van der Waals surface area contributed by atoms with Crippen LogP contribution in [0.5, 0.6) is 0 Å². The summed E-state index contributed by atoms with van der Waals surface area (Å²) >= 11 is 0. The zero-order valence-electron chi connectivity index (χ0n) is 11.6. The molecule has 2 aliphatic heterocycles. The second-order valence-corrected chi connectivity index (χ2v) is 5.76. The lowest BCUT2D eigenvalue weighted by atomic mass is 9.78. The van der Waals surface area contributed by atoms with Crippen molar-refractivity contribution in [3.8, 4) is 0 Å². The van der Waals surface area contributed by atoms with Crippen LogP contribution in [0.15, 0.2) is 24.3 Å². The third-order valence-electron chi connectivity index (χ3n) is 4.73. The highest BCUT2D eigenvalue weighted by atomic mass is 16.2. The van der Waals surface area contributed by atoms with Crippen LogP contribution >= 0.6 is 0 Å². The summed E-state index contributed by atoms with van der Waals surface area (Å²) in [7, 11) is 0. The summed E-state index contributed by atoms with van der Waals surface area (Å²) in [5.74, 6) is 0.346. The van der Waals surface area contributed by atoms with E-state index >= 15 is 0 Å². The standard InChI is InChI=1S/C16H22N2O/c1-2-13-3-5-14(6-4-13)18-12-9-16(15(18)19)7-10-17-11-8-16/h3-6,17H,2,7-12H2,1H3. The average molecular weight is 258 g/mol. The maximum atomic E-state index is 12.7. The molecule has 1 aromatic rings. The highest BCUT2D eigenvalue weighted by Crippen LogP contribution is 2.41. The molecule has 0 bridgehead atoms. The molecule has 0 saturated carbocycles. The van der Waals surface area contributed by atoms with Crippen molar-refractivity contribution in [1.82, 2.24) is 5.32 Å². The molecule has 1 N–H and O–H groups in total. The van der Waals surface area contributed by atoms with Crippen LogP contribution in [-0.4, -0.2) is 25.5 Å². The van der Waals surface area contributed by atoms with Gasteiger partial charge in [0, 0.05) is 12.2 Å². The van der Waals surface area contributed by atoms with Crippen molar-refractivity contribution < 1.29 is 4.79 Å². The smallest absolute Gasteiger partial charge is 0.233 e. The van der Waals surface area contributed by atoms with Gasteiger partial charge in [-0.3, -0.25) is 4.79 Å². The lowest BCUT2D eigenvalue weighted by Gasteiger charge is -2.32. The van der Waals surface area contributed by atoms with E-state index < -0.39 is 0 Å². The summed E-state index contributed by atoms with van der Waals surface area (Å²) < 4.78 is 0. The number of anilines is 1. The second-order valence-electron chi connectivity index (χ2n) is 5.76. The Morgan fingerprint density at radius 1 is 1.16 bits per heavy atom. The van der Waals surface area contributed by atoms with E-state index in [-0.39, 0.29) is 5.41 Å². The molecule has 0 atom stereocenters. The van der Waals surface area contributed by atoms with Gasteiger partial charge < -0.3 is 10.2 Å². The fourth-order valence-corrected chi connectivity index (χ4v) is 3.35. The average Bonchev–Trinajstić information content (AvgIpc) is 2.77. The monoisotopic (exact) mass is 258 g/mol. The Labute approximate surface area is 115 Å². The number of amides is 1. The molecular weight excluding hydrogens is 236 g/mol. The van der Waals surface area contributed by atoms with Gasteiger partial charge in [-0.15, -0.1) is 0 Å². The van der Waals surface area contributed by atoms with Gasteiger partial charge in [0.15, 0.2) is 0 Å². The summed E-state index contributed by atoms with van der Waals surface area (Å²) in [5, 5.41) is 3.36. The van der Waals surface area contributed by atoms with Crippen LogP contribution in [0.1, 0.15) is 31.7 Å². The Bertz CT molecular complexity index is 460. The summed E-state index contributed by atoms with van der Waals surface area (Å²) in [6.07, 6.45) is 4.05. The van der Waals surface area contributed by atoms with Crippen LogP contribution < -0.4 is 10.2 Å². The Morgan fingerprint density at radius 3 is 2.47 bits per heavy atom. The third-order valence-corrected chi connectivity index (χ3v) is 4.73. The van der Waals surface area contributed by atoms with Crippen LogP contribution in [0.4, 0.5) is 5.69 Å². The number of carbonyl (C=O) groups excluding carboxylic acids is 1. The van der Waals surface area contributed by atoms with E-state index in [0.717, 1.165) is 51.0 Å². The summed E-state index contributed by atoms with van der Waals surface area (Å²) in [4.78, 5) is 14.7. The van der Waals surface area contributed by atoms with Crippen LogP contribution in [0.2, 0.25) is 0 Å². The Kier molecular flexibility index (Phi) is 3.31. The van der Waals surface area contributed by atoms with Crippen LogP contribution in [0.3, 0.4) is 0 Å². The predicted octanol–water partition coefficient (Wildman–Crippen LogP) is 2.36. The van der Waals surface area contributed by atoms with Gasteiger partial charge in [0.1, 0.15) is 0 Å². The van der Waals surface area contributed by atoms with Gasteiger partial charge in [-0.25, -0.2) is 0 Å². The Hall–Kier alpha value is -1.35. The molecule has 0 radical (unpaired) electrons. The zero-order chi connectivity index (χ0) is 13.3. The van der Waals surface area contributed by atoms with Crippen molar-refractivity contribution in [2.24, 2.45) is 5.41 Å². The van der Waals surface area contributed by atoms with E-state index in [1.165, 1.54) is 5.56 Å². The van der Waals surface area contributed by atoms with Crippen molar-refractivity contribution in [2.75, 3.05) is 24.5 Å². The number of rotatable bonds is 2. The molecule has 102 valence electrons. The molecule has 0 unspecified atom stereocenters. The first kappa shape index (κ1) is 12.7. The van der Waals surface area contributed by atoms with Gasteiger partial charge in [-0.05, 0) is 56.5 Å². The molecule has 0 aliphatic carbocycles. The minimum atomic E-state index is -0.0747. The molecule has 3 rings (SSSR count). The van der Waals surface area contributed by atoms with E-state index in [0.29, 0.717) is 5.91 Å². The number of aryl methyl sites for hydroxylation is 1. The fraction of sp³-hybridized carbons (Fsp3) is 0.562. The number of nitrogens with one attached hydrogen (secondary N) is 1. The maximum absolute atomic E-state index is 12.7. The van der Waals surface area contributed by atoms with Crippen molar-refractivity contribution in [1.29, 1.82) is 0 Å². The summed E-state index contributed by atoms with van der Waals surface area (Å²) in [6, 6.07) is 8.46. The van der Waals surface area contributed by atoms with Gasteiger partial charge in [-0.2, -0.15) is 0 Å².